The number of aliphatic hydroxyl groups excluding tert-OH is 1. The molecule has 0 aliphatic carbocycles. The Labute approximate surface area is 89.2 Å². The van der Waals surface area contributed by atoms with Crippen molar-refractivity contribution in [3.63, 3.8) is 0 Å². The van der Waals surface area contributed by atoms with Gasteiger partial charge in [-0.1, -0.05) is 0 Å². The predicted molar refractivity (Wildman–Crippen MR) is 54.4 cm³/mol. The third kappa shape index (κ3) is 2.28. The fourth-order valence-corrected chi connectivity index (χ4v) is 1.34. The molecule has 0 amide bonds. The molecule has 8 heteroatoms. The van der Waals surface area contributed by atoms with Gasteiger partial charge in [-0.25, -0.2) is 19.0 Å². The minimum Gasteiger partial charge on any atom is -0.394 e. The molecule has 1 heterocycles. The Hall–Kier alpha value is -1.67. The number of hydrogen-bond donors (Lipinski definition) is 4. The highest BCUT2D eigenvalue weighted by Gasteiger charge is 2.30. The van der Waals surface area contributed by atoms with E-state index < -0.39 is 35.3 Å². The molecule has 1 unspecified atom stereocenters. The number of aromatic amines is 2. The van der Waals surface area contributed by atoms with E-state index in [2.05, 4.69) is 0 Å². The minimum atomic E-state index is -1.48. The second-order valence-corrected chi connectivity index (χ2v) is 3.91. The zero-order chi connectivity index (χ0) is 12.5. The van der Waals surface area contributed by atoms with E-state index in [-0.39, 0.29) is 0 Å². The monoisotopic (exact) mass is 231 g/mol. The second-order valence-electron chi connectivity index (χ2n) is 3.91. The van der Waals surface area contributed by atoms with Crippen LogP contribution in [-0.2, 0) is 0 Å². The van der Waals surface area contributed by atoms with Crippen molar-refractivity contribution in [1.82, 2.24) is 14.5 Å². The van der Waals surface area contributed by atoms with E-state index in [0.717, 1.165) is 0 Å². The third-order valence-corrected chi connectivity index (χ3v) is 2.18. The summed E-state index contributed by atoms with van der Waals surface area (Å²) in [5.41, 5.74) is -4.37. The molecule has 0 radical (unpaired) electrons. The maximum absolute atomic E-state index is 11.4. The first-order valence-corrected chi connectivity index (χ1v) is 4.55. The zero-order valence-electron chi connectivity index (χ0n) is 8.85. The summed E-state index contributed by atoms with van der Waals surface area (Å²) >= 11 is 0. The van der Waals surface area contributed by atoms with Gasteiger partial charge < -0.3 is 10.2 Å². The van der Waals surface area contributed by atoms with Gasteiger partial charge in [0.25, 0.3) is 0 Å². The molecule has 0 bridgehead atoms. The molecular formula is C8H13N3O5. The number of nitrogens with zero attached hydrogens (tertiary/aromatic N) is 1. The van der Waals surface area contributed by atoms with Crippen LogP contribution in [0.5, 0.6) is 0 Å². The molecule has 0 aliphatic rings. The summed E-state index contributed by atoms with van der Waals surface area (Å²) in [4.78, 5) is 37.2. The maximum Gasteiger partial charge on any atom is 0.334 e. The second kappa shape index (κ2) is 4.06. The summed E-state index contributed by atoms with van der Waals surface area (Å²) in [6.45, 7) is 2.06. The standard InChI is InChI=1S/C8H13N3O5/c1-8(2,16)4(3-12)11-6(14)9-5(13)10-7(11)15/h4,12,16H,3H2,1-2H3,(H2,9,10,13,14,15). The molecule has 0 spiro atoms. The van der Waals surface area contributed by atoms with Gasteiger partial charge in [0.2, 0.25) is 0 Å². The lowest BCUT2D eigenvalue weighted by Crippen LogP contribution is -2.51. The summed E-state index contributed by atoms with van der Waals surface area (Å²) in [7, 11) is 0. The van der Waals surface area contributed by atoms with Gasteiger partial charge in [-0.2, -0.15) is 0 Å². The van der Waals surface area contributed by atoms with Crippen LogP contribution in [0.1, 0.15) is 19.9 Å². The zero-order valence-corrected chi connectivity index (χ0v) is 8.85. The number of nitrogens with one attached hydrogen (secondary N) is 2. The Morgan fingerprint density at radius 3 is 2.00 bits per heavy atom. The van der Waals surface area contributed by atoms with Crippen LogP contribution in [-0.4, -0.2) is 37.0 Å². The van der Waals surface area contributed by atoms with Crippen molar-refractivity contribution < 1.29 is 10.2 Å². The predicted octanol–water partition coefficient (Wildman–Crippen LogP) is -2.47. The minimum absolute atomic E-state index is 0.571. The molecule has 0 saturated heterocycles. The summed E-state index contributed by atoms with van der Waals surface area (Å²) in [6.07, 6.45) is 0. The highest BCUT2D eigenvalue weighted by Crippen LogP contribution is 2.17. The average molecular weight is 231 g/mol. The quantitative estimate of drug-likeness (QED) is 0.458. The van der Waals surface area contributed by atoms with Gasteiger partial charge in [-0.15, -0.1) is 0 Å². The van der Waals surface area contributed by atoms with Crippen molar-refractivity contribution in [3.8, 4) is 0 Å². The lowest BCUT2D eigenvalue weighted by Gasteiger charge is -2.27. The van der Waals surface area contributed by atoms with Crippen LogP contribution >= 0.6 is 0 Å². The molecule has 4 N–H and O–H groups in total. The highest BCUT2D eigenvalue weighted by molar-refractivity contribution is 4.86. The molecule has 1 rings (SSSR count). The Balaban J connectivity index is 3.50. The van der Waals surface area contributed by atoms with Crippen molar-refractivity contribution >= 4 is 0 Å². The number of aromatic nitrogens is 3. The first-order valence-electron chi connectivity index (χ1n) is 4.55. The molecule has 1 atom stereocenters. The fraction of sp³-hybridized carbons (Fsp3) is 0.625. The lowest BCUT2D eigenvalue weighted by molar-refractivity contribution is -0.00540. The van der Waals surface area contributed by atoms with Crippen LogP contribution in [0.25, 0.3) is 0 Å². The van der Waals surface area contributed by atoms with E-state index in [1.165, 1.54) is 13.8 Å². The van der Waals surface area contributed by atoms with Gasteiger partial charge in [0.15, 0.2) is 0 Å². The van der Waals surface area contributed by atoms with E-state index in [4.69, 9.17) is 5.11 Å². The number of aliphatic hydroxyl groups is 2. The SMILES string of the molecule is CC(C)(O)C(CO)n1c(=O)[nH]c(=O)[nH]c1=O. The topological polar surface area (TPSA) is 128 Å². The van der Waals surface area contributed by atoms with Crippen LogP contribution in [0.2, 0.25) is 0 Å². The summed E-state index contributed by atoms with van der Waals surface area (Å²) in [6, 6.07) is -1.14. The molecule has 16 heavy (non-hydrogen) atoms. The Bertz CT molecular complexity index is 498. The summed E-state index contributed by atoms with van der Waals surface area (Å²) in [5, 5.41) is 18.8. The van der Waals surface area contributed by atoms with Crippen LogP contribution in [0.3, 0.4) is 0 Å². The van der Waals surface area contributed by atoms with Gasteiger partial charge in [0, 0.05) is 0 Å². The molecule has 0 saturated carbocycles. The van der Waals surface area contributed by atoms with E-state index in [1.54, 1.807) is 0 Å². The Kier molecular flexibility index (Phi) is 3.15. The molecule has 0 aromatic carbocycles. The van der Waals surface area contributed by atoms with Gasteiger partial charge in [0.1, 0.15) is 0 Å². The number of rotatable bonds is 3. The maximum atomic E-state index is 11.4. The number of H-pyrrole nitrogens is 2. The molecule has 0 aliphatic heterocycles. The van der Waals surface area contributed by atoms with Crippen LogP contribution in [0, 0.1) is 0 Å². The molecule has 8 nitrogen and oxygen atoms in total. The molecule has 1 aromatic heterocycles. The van der Waals surface area contributed by atoms with Crippen LogP contribution < -0.4 is 17.1 Å². The van der Waals surface area contributed by atoms with Crippen molar-refractivity contribution in [3.05, 3.63) is 31.5 Å². The molecule has 90 valence electrons. The highest BCUT2D eigenvalue weighted by atomic mass is 16.3. The van der Waals surface area contributed by atoms with Crippen molar-refractivity contribution in [1.29, 1.82) is 0 Å². The smallest absolute Gasteiger partial charge is 0.334 e. The van der Waals surface area contributed by atoms with E-state index >= 15 is 0 Å². The van der Waals surface area contributed by atoms with E-state index in [1.807, 2.05) is 9.97 Å². The Morgan fingerprint density at radius 1 is 1.25 bits per heavy atom. The van der Waals surface area contributed by atoms with Crippen molar-refractivity contribution in [2.45, 2.75) is 25.5 Å². The number of hydrogen-bond acceptors (Lipinski definition) is 5. The van der Waals surface area contributed by atoms with Crippen LogP contribution in [0.4, 0.5) is 0 Å². The van der Waals surface area contributed by atoms with E-state index in [9.17, 15) is 19.5 Å². The first kappa shape index (κ1) is 12.4. The third-order valence-electron chi connectivity index (χ3n) is 2.18. The van der Waals surface area contributed by atoms with Gasteiger partial charge in [0.05, 0.1) is 18.2 Å². The first-order chi connectivity index (χ1) is 7.27. The van der Waals surface area contributed by atoms with Crippen molar-refractivity contribution in [2.75, 3.05) is 6.61 Å². The normalized spacial score (nSPS) is 13.8. The molecule has 1 aromatic rings. The summed E-state index contributed by atoms with van der Waals surface area (Å²) in [5.74, 6) is 0. The van der Waals surface area contributed by atoms with Crippen molar-refractivity contribution in [2.24, 2.45) is 0 Å². The molecule has 0 fully saturated rings. The van der Waals surface area contributed by atoms with E-state index in [0.29, 0.717) is 4.57 Å². The van der Waals surface area contributed by atoms with Gasteiger partial charge in [-0.05, 0) is 13.8 Å². The Morgan fingerprint density at radius 2 is 1.69 bits per heavy atom. The van der Waals surface area contributed by atoms with Gasteiger partial charge in [-0.3, -0.25) is 9.97 Å². The average Bonchev–Trinajstić information content (AvgIpc) is 2.08. The fourth-order valence-electron chi connectivity index (χ4n) is 1.34. The largest absolute Gasteiger partial charge is 0.394 e. The lowest BCUT2D eigenvalue weighted by atomic mass is 10.00. The van der Waals surface area contributed by atoms with Crippen LogP contribution in [0.15, 0.2) is 14.4 Å². The summed E-state index contributed by atoms with van der Waals surface area (Å²) < 4.78 is 0.571. The molecular weight excluding hydrogens is 218 g/mol. The van der Waals surface area contributed by atoms with Gasteiger partial charge >= 0.3 is 17.1 Å².